The van der Waals surface area contributed by atoms with Gasteiger partial charge in [-0.3, -0.25) is 0 Å². The van der Waals surface area contributed by atoms with Crippen LogP contribution in [0.25, 0.3) is 59.5 Å². The zero-order valence-electron chi connectivity index (χ0n) is 28.5. The van der Waals surface area contributed by atoms with Crippen molar-refractivity contribution in [2.45, 2.75) is 27.3 Å². The van der Waals surface area contributed by atoms with Crippen molar-refractivity contribution in [1.82, 2.24) is 0 Å². The molecule has 13 rings (SSSR count). The first kappa shape index (κ1) is 36.6. The van der Waals surface area contributed by atoms with Gasteiger partial charge in [-0.15, -0.1) is 103 Å². The minimum Gasteiger partial charge on any atom is -0.134 e. The molecule has 6 aliphatic heterocycles. The van der Waals surface area contributed by atoms with Crippen LogP contribution in [-0.4, -0.2) is 0 Å². The average Bonchev–Trinajstić information content (AvgIpc) is 4.07. The summed E-state index contributed by atoms with van der Waals surface area (Å²) in [6, 6.07) is 14.9. The molecule has 0 atom stereocenters. The summed E-state index contributed by atoms with van der Waals surface area (Å²) in [6.45, 7) is 0. The molecular weight excluding hydrogens is 985 g/mol. The molecule has 0 aliphatic carbocycles. The predicted molar refractivity (Wildman–Crippen MR) is 276 cm³/mol. The zero-order valence-corrected chi connectivity index (χ0v) is 40.8. The molecule has 0 unspecified atom stereocenters. The topological polar surface area (TPSA) is 0 Å². The maximum absolute atomic E-state index is 2.51. The lowest BCUT2D eigenvalue weighted by molar-refractivity contribution is 1.43. The largest absolute Gasteiger partial charge is 0.134 e. The van der Waals surface area contributed by atoms with Gasteiger partial charge in [-0.25, -0.2) is 0 Å². The van der Waals surface area contributed by atoms with E-state index in [0.717, 1.165) is 0 Å². The summed E-state index contributed by atoms with van der Waals surface area (Å²) >= 11 is 28.7. The van der Waals surface area contributed by atoms with Crippen LogP contribution in [0.3, 0.4) is 0 Å². The molecule has 0 spiro atoms. The van der Waals surface area contributed by atoms with Gasteiger partial charge in [0.05, 0.1) is 25.3 Å². The zero-order chi connectivity index (χ0) is 37.2. The van der Waals surface area contributed by atoms with E-state index in [1.165, 1.54) is 116 Å². The fourth-order valence-corrected chi connectivity index (χ4v) is 25.0. The summed E-state index contributed by atoms with van der Waals surface area (Å²) in [5.74, 6) is 0. The van der Waals surface area contributed by atoms with Crippen LogP contribution in [0.15, 0.2) is 162 Å². The van der Waals surface area contributed by atoms with Crippen molar-refractivity contribution < 1.29 is 0 Å². The minimum absolute atomic E-state index is 1.33. The Hall–Kier alpha value is -0.990. The van der Waals surface area contributed by atoms with Gasteiger partial charge in [0.15, 0.2) is 0 Å². The lowest BCUT2D eigenvalue weighted by atomic mass is 10.1. The van der Waals surface area contributed by atoms with Crippen molar-refractivity contribution >= 4 is 204 Å². The second kappa shape index (κ2) is 14.8. The summed E-state index contributed by atoms with van der Waals surface area (Å²) in [6.07, 6.45) is 13.5. The Labute approximate surface area is 390 Å². The number of hydrogen-bond acceptors (Lipinski definition) is 15. The average molecular weight is 1000 g/mol. The third kappa shape index (κ3) is 6.43. The smallest absolute Gasteiger partial charge is 0.0798 e. The molecule has 0 saturated heterocycles. The molecule has 6 aromatic heterocycles. The Bertz CT molecular complexity index is 2660. The highest BCUT2D eigenvalue weighted by Crippen LogP contribution is 2.62. The van der Waals surface area contributed by atoms with E-state index in [1.807, 2.05) is 139 Å². The first-order valence-electron chi connectivity index (χ1n) is 17.3. The first-order valence-corrected chi connectivity index (χ1v) is 29.9. The number of allylic oxidation sites excluding steroid dienone is 9. The Balaban J connectivity index is 0.914. The van der Waals surface area contributed by atoms with Gasteiger partial charge >= 0.3 is 0 Å². The van der Waals surface area contributed by atoms with Crippen molar-refractivity contribution in [2.75, 3.05) is 0 Å². The molecule has 12 heterocycles. The highest BCUT2D eigenvalue weighted by atomic mass is 32.2. The van der Waals surface area contributed by atoms with Crippen LogP contribution in [0.2, 0.25) is 0 Å². The summed E-state index contributed by atoms with van der Waals surface area (Å²) in [5.41, 5.74) is 3.98. The molecule has 0 nitrogen and oxygen atoms in total. The lowest BCUT2D eigenvalue weighted by Crippen LogP contribution is -1.77. The molecule has 57 heavy (non-hydrogen) atoms. The number of hydrogen-bond donors (Lipinski definition) is 0. The van der Waals surface area contributed by atoms with Crippen molar-refractivity contribution in [3.05, 3.63) is 135 Å². The minimum atomic E-state index is 1.33. The molecule has 0 radical (unpaired) electrons. The molecule has 0 bridgehead atoms. The molecule has 0 fully saturated rings. The van der Waals surface area contributed by atoms with E-state index < -0.39 is 0 Å². The summed E-state index contributed by atoms with van der Waals surface area (Å²) < 4.78 is 12.7. The maximum atomic E-state index is 2.51. The SMILES string of the molecule is C1=CC(=C2Sc3cc(-c4cc5c(s4)c4cc(-c6cc7c(s6)SC(=C6C=CSC=C6)S7)sc4c4cc(-c6cc7c(s6)SC(=C6C=CSC=C6)S7)sc54)sc3S2)C=CS1. The van der Waals surface area contributed by atoms with E-state index in [9.17, 15) is 0 Å². The van der Waals surface area contributed by atoms with Gasteiger partial charge in [-0.05, 0) is 122 Å². The quantitative estimate of drug-likeness (QED) is 0.168. The molecule has 0 saturated carbocycles. The highest BCUT2D eigenvalue weighted by molar-refractivity contribution is 8.26. The van der Waals surface area contributed by atoms with E-state index in [4.69, 9.17) is 0 Å². The first-order chi connectivity index (χ1) is 28.1. The van der Waals surface area contributed by atoms with E-state index in [2.05, 4.69) is 105 Å². The van der Waals surface area contributed by atoms with E-state index in [0.29, 0.717) is 0 Å². The second-order valence-electron chi connectivity index (χ2n) is 12.9. The lowest BCUT2D eigenvalue weighted by Gasteiger charge is -2.03. The van der Waals surface area contributed by atoms with Crippen molar-refractivity contribution in [1.29, 1.82) is 0 Å². The Morgan fingerprint density at radius 1 is 0.281 bits per heavy atom. The maximum Gasteiger partial charge on any atom is 0.0798 e. The highest BCUT2D eigenvalue weighted by Gasteiger charge is 2.29. The van der Waals surface area contributed by atoms with Gasteiger partial charge in [0.1, 0.15) is 0 Å². The van der Waals surface area contributed by atoms with Crippen molar-refractivity contribution in [3.63, 3.8) is 0 Å². The Morgan fingerprint density at radius 2 is 0.561 bits per heavy atom. The standard InChI is InChI=1S/C42H18S15/c1-7-43-8-2-19(1)37-52-31-16-28(49-40(31)55-37)25-13-22-34(46-25)23-14-26(29-17-32-41(50-29)56-38(53-32)20-3-9-44-10-4-20)48-36(23)24-15-27(47-35(22)24)30-18-33-42(51-30)57-39(54-33)21-5-11-45-12-6-21/h1-18H. The monoisotopic (exact) mass is 1000 g/mol. The predicted octanol–water partition coefficient (Wildman–Crippen LogP) is 20.1. The number of thiophene rings is 6. The number of rotatable bonds is 3. The van der Waals surface area contributed by atoms with E-state index in [1.54, 1.807) is 35.3 Å². The van der Waals surface area contributed by atoms with Crippen LogP contribution < -0.4 is 0 Å². The van der Waals surface area contributed by atoms with Gasteiger partial charge in [-0.1, -0.05) is 70.6 Å². The fraction of sp³-hybridized carbons (Fsp3) is 0. The molecular formula is C42H18S15. The second-order valence-corrected chi connectivity index (χ2v) is 29.4. The molecule has 6 aliphatic rings. The van der Waals surface area contributed by atoms with Crippen LogP contribution in [0.4, 0.5) is 0 Å². The summed E-state index contributed by atoms with van der Waals surface area (Å²) in [7, 11) is 0. The number of benzene rings is 1. The van der Waals surface area contributed by atoms with Gasteiger partial charge in [0.2, 0.25) is 0 Å². The van der Waals surface area contributed by atoms with Gasteiger partial charge < -0.3 is 0 Å². The molecule has 7 aromatic rings. The van der Waals surface area contributed by atoms with Crippen molar-refractivity contribution in [2.24, 2.45) is 0 Å². The molecule has 1 aromatic carbocycles. The van der Waals surface area contributed by atoms with Crippen LogP contribution in [0, 0.1) is 0 Å². The fourth-order valence-electron chi connectivity index (χ4n) is 6.86. The molecule has 0 N–H and O–H groups in total. The summed E-state index contributed by atoms with van der Waals surface area (Å²) in [5, 5.41) is 17.3. The normalized spacial score (nSPS) is 18.3. The van der Waals surface area contributed by atoms with Crippen LogP contribution in [-0.2, 0) is 0 Å². The number of thioether (sulfide) groups is 9. The molecule has 15 heteroatoms. The van der Waals surface area contributed by atoms with E-state index in [-0.39, 0.29) is 0 Å². The van der Waals surface area contributed by atoms with Crippen LogP contribution in [0.1, 0.15) is 0 Å². The van der Waals surface area contributed by atoms with Gasteiger partial charge in [0.25, 0.3) is 0 Å². The van der Waals surface area contributed by atoms with Gasteiger partial charge in [-0.2, -0.15) is 0 Å². The third-order valence-electron chi connectivity index (χ3n) is 9.48. The molecule has 276 valence electrons. The number of fused-ring (bicyclic) bond motifs is 9. The molecule has 0 amide bonds. The van der Waals surface area contributed by atoms with Gasteiger partial charge in [0, 0.05) is 74.2 Å². The van der Waals surface area contributed by atoms with Crippen LogP contribution in [0.5, 0.6) is 0 Å². The van der Waals surface area contributed by atoms with Crippen LogP contribution >= 0.6 is 174 Å². The summed E-state index contributed by atoms with van der Waals surface area (Å²) in [4.78, 5) is 12.5. The third-order valence-corrected chi connectivity index (χ3v) is 27.3. The Kier molecular flexibility index (Phi) is 9.54. The van der Waals surface area contributed by atoms with Crippen molar-refractivity contribution in [3.8, 4) is 29.3 Å². The Morgan fingerprint density at radius 3 is 0.842 bits per heavy atom. The van der Waals surface area contributed by atoms with E-state index >= 15 is 0 Å².